The van der Waals surface area contributed by atoms with Gasteiger partial charge in [0.25, 0.3) is 5.95 Å². The number of anilines is 1. The maximum Gasteiger partial charge on any atom is 0.291 e. The molecule has 2 aromatic rings. The van der Waals surface area contributed by atoms with Crippen LogP contribution in [0.3, 0.4) is 0 Å². The zero-order chi connectivity index (χ0) is 25.7. The van der Waals surface area contributed by atoms with Crippen molar-refractivity contribution in [3.05, 3.63) is 103 Å². The number of allylic oxidation sites excluding steroid dienone is 6. The van der Waals surface area contributed by atoms with Crippen molar-refractivity contribution in [2.75, 3.05) is 18.9 Å². The van der Waals surface area contributed by atoms with E-state index in [0.717, 1.165) is 27.9 Å². The average molecular weight is 479 g/mol. The second-order valence-corrected chi connectivity index (χ2v) is 8.87. The minimum absolute atomic E-state index is 0.0823. The lowest BCUT2D eigenvalue weighted by atomic mass is 10.0. The lowest BCUT2D eigenvalue weighted by molar-refractivity contribution is 0.0880. The van der Waals surface area contributed by atoms with Gasteiger partial charge in [-0.1, -0.05) is 53.2 Å². The topological polar surface area (TPSA) is 95.2 Å². The van der Waals surface area contributed by atoms with Crippen LogP contribution in [0.4, 0.5) is 5.69 Å². The molecule has 3 rings (SSSR count). The van der Waals surface area contributed by atoms with E-state index in [1.807, 2.05) is 26.8 Å². The fraction of sp³-hybridized carbons (Fsp3) is 0.321. The molecule has 0 unspecified atom stereocenters. The van der Waals surface area contributed by atoms with Gasteiger partial charge in [0, 0.05) is 12.0 Å². The van der Waals surface area contributed by atoms with Gasteiger partial charge in [0.1, 0.15) is 11.9 Å². The summed E-state index contributed by atoms with van der Waals surface area (Å²) in [4.78, 5) is 12.5. The summed E-state index contributed by atoms with van der Waals surface area (Å²) in [5.41, 5.74) is 6.42. The van der Waals surface area contributed by atoms with Crippen LogP contribution in [0.1, 0.15) is 55.7 Å². The first kappa shape index (κ1) is 26.2. The predicted molar refractivity (Wildman–Crippen MR) is 138 cm³/mol. The second kappa shape index (κ2) is 11.4. The van der Waals surface area contributed by atoms with Crippen molar-refractivity contribution in [1.82, 2.24) is 0 Å². The molecule has 1 aromatic heterocycles. The van der Waals surface area contributed by atoms with E-state index < -0.39 is 0 Å². The molecule has 1 saturated heterocycles. The molecule has 1 fully saturated rings. The van der Waals surface area contributed by atoms with Crippen molar-refractivity contribution in [2.45, 2.75) is 47.1 Å². The third-order valence-electron chi connectivity index (χ3n) is 5.81. The predicted octanol–water partition coefficient (Wildman–Crippen LogP) is 6.34. The first-order valence-electron chi connectivity index (χ1n) is 11.4. The average Bonchev–Trinajstić information content (AvgIpc) is 3.25. The van der Waals surface area contributed by atoms with E-state index in [2.05, 4.69) is 18.2 Å². The first-order valence-corrected chi connectivity index (χ1v) is 11.4. The Morgan fingerprint density at radius 3 is 2.37 bits per heavy atom. The Morgan fingerprint density at radius 2 is 1.74 bits per heavy atom. The number of nitrogens with zero attached hydrogens (tertiary/aromatic N) is 1. The number of ether oxygens (including phenoxy) is 2. The SMILES string of the molecule is COc1oc([C@@H]2CC(=CC(C)=CC(C)=CC(C)=Cc3ccc(N([O-])O)cc3)CO2)c(C)c(=O)c1C. The molecule has 1 aliphatic rings. The number of hydrogen-bond donors (Lipinski definition) is 1. The van der Waals surface area contributed by atoms with Gasteiger partial charge >= 0.3 is 0 Å². The van der Waals surface area contributed by atoms with E-state index in [0.29, 0.717) is 29.9 Å². The molecule has 35 heavy (non-hydrogen) atoms. The lowest BCUT2D eigenvalue weighted by Gasteiger charge is -2.21. The van der Waals surface area contributed by atoms with Crippen molar-refractivity contribution in [3.63, 3.8) is 0 Å². The summed E-state index contributed by atoms with van der Waals surface area (Å²) >= 11 is 0. The zero-order valence-electron chi connectivity index (χ0n) is 21.0. The maximum atomic E-state index is 12.5. The van der Waals surface area contributed by atoms with Crippen LogP contribution in [0.2, 0.25) is 0 Å². The summed E-state index contributed by atoms with van der Waals surface area (Å²) in [6.45, 7) is 10.0. The summed E-state index contributed by atoms with van der Waals surface area (Å²) < 4.78 is 17.0. The van der Waals surface area contributed by atoms with Gasteiger partial charge in [0.2, 0.25) is 0 Å². The number of methoxy groups -OCH3 is 1. The van der Waals surface area contributed by atoms with E-state index in [4.69, 9.17) is 19.1 Å². The van der Waals surface area contributed by atoms with Crippen molar-refractivity contribution in [2.24, 2.45) is 0 Å². The highest BCUT2D eigenvalue weighted by Gasteiger charge is 2.28. The largest absolute Gasteiger partial charge is 0.733 e. The molecular weight excluding hydrogens is 446 g/mol. The van der Waals surface area contributed by atoms with Gasteiger partial charge in [0.05, 0.1) is 25.0 Å². The number of rotatable bonds is 7. The van der Waals surface area contributed by atoms with E-state index in [-0.39, 0.29) is 28.4 Å². The fourth-order valence-corrected chi connectivity index (χ4v) is 4.20. The first-order chi connectivity index (χ1) is 16.6. The molecule has 1 aromatic carbocycles. The summed E-state index contributed by atoms with van der Waals surface area (Å²) in [6, 6.07) is 6.68. The van der Waals surface area contributed by atoms with Gasteiger partial charge in [-0.3, -0.25) is 10.0 Å². The normalized spacial score (nSPS) is 18.3. The molecule has 0 spiro atoms. The molecule has 186 valence electrons. The van der Waals surface area contributed by atoms with Crippen LogP contribution in [0.25, 0.3) is 6.08 Å². The summed E-state index contributed by atoms with van der Waals surface area (Å²) in [5, 5.41) is 19.7. The lowest BCUT2D eigenvalue weighted by Crippen LogP contribution is -2.15. The van der Waals surface area contributed by atoms with Crippen molar-refractivity contribution in [3.8, 4) is 5.95 Å². The van der Waals surface area contributed by atoms with Gasteiger partial charge in [-0.05, 0) is 57.9 Å². The van der Waals surface area contributed by atoms with Crippen molar-refractivity contribution < 1.29 is 19.1 Å². The molecule has 1 aliphatic heterocycles. The molecule has 7 heteroatoms. The zero-order valence-corrected chi connectivity index (χ0v) is 21.0. The third kappa shape index (κ3) is 6.60. The third-order valence-corrected chi connectivity index (χ3v) is 5.81. The second-order valence-electron chi connectivity index (χ2n) is 8.87. The van der Waals surface area contributed by atoms with Crippen LogP contribution >= 0.6 is 0 Å². The Kier molecular flexibility index (Phi) is 8.51. The molecule has 0 radical (unpaired) electrons. The highest BCUT2D eigenvalue weighted by atomic mass is 16.8. The smallest absolute Gasteiger partial charge is 0.291 e. The standard InChI is InChI=1S/C28H32NO6/c1-17(11-18(2)13-22-7-9-24(10-8-22)29(31)32)12-19(3)14-23-15-25(34-16-23)27-20(4)26(30)21(5)28(33-6)35-27/h7-14,25,31H,15-16H2,1-6H3/q-1/t25-/m0/s1. The molecule has 7 nitrogen and oxygen atoms in total. The molecule has 1 atom stereocenters. The molecular formula is C28H32NO6-. The molecule has 0 saturated carbocycles. The molecule has 0 aliphatic carbocycles. The van der Waals surface area contributed by atoms with E-state index in [9.17, 15) is 10.0 Å². The number of benzene rings is 1. The molecule has 1 N–H and O–H groups in total. The van der Waals surface area contributed by atoms with Gasteiger partial charge in [-0.2, -0.15) is 0 Å². The van der Waals surface area contributed by atoms with E-state index in [1.165, 1.54) is 7.11 Å². The quantitative estimate of drug-likeness (QED) is 0.366. The van der Waals surface area contributed by atoms with Crippen LogP contribution in [-0.2, 0) is 4.74 Å². The van der Waals surface area contributed by atoms with Crippen molar-refractivity contribution in [1.29, 1.82) is 0 Å². The highest BCUT2D eigenvalue weighted by Crippen LogP contribution is 2.35. The van der Waals surface area contributed by atoms with Crippen LogP contribution in [0.15, 0.2) is 74.0 Å². The maximum absolute atomic E-state index is 12.5. The van der Waals surface area contributed by atoms with Gasteiger partial charge in [-0.15, -0.1) is 0 Å². The Balaban J connectivity index is 1.71. The Bertz CT molecular complexity index is 1250. The van der Waals surface area contributed by atoms with Crippen LogP contribution in [0, 0.1) is 19.1 Å². The van der Waals surface area contributed by atoms with E-state index >= 15 is 0 Å². The molecule has 0 bridgehead atoms. The van der Waals surface area contributed by atoms with Crippen LogP contribution in [0.5, 0.6) is 5.95 Å². The summed E-state index contributed by atoms with van der Waals surface area (Å²) in [5.74, 6) is 0.753. The summed E-state index contributed by atoms with van der Waals surface area (Å²) in [6.07, 6.45) is 8.62. The number of hydrogen-bond acceptors (Lipinski definition) is 7. The van der Waals surface area contributed by atoms with Crippen LogP contribution < -0.4 is 15.4 Å². The van der Waals surface area contributed by atoms with Gasteiger partial charge in [0.15, 0.2) is 5.43 Å². The molecule has 2 heterocycles. The van der Waals surface area contributed by atoms with Crippen LogP contribution in [-0.4, -0.2) is 18.9 Å². The fourth-order valence-electron chi connectivity index (χ4n) is 4.20. The Labute approximate surface area is 205 Å². The monoisotopic (exact) mass is 478 g/mol. The Morgan fingerprint density at radius 1 is 1.09 bits per heavy atom. The Hall–Kier alpha value is -3.39. The van der Waals surface area contributed by atoms with Gasteiger partial charge < -0.3 is 24.3 Å². The highest BCUT2D eigenvalue weighted by molar-refractivity contribution is 5.59. The molecule has 0 amide bonds. The van der Waals surface area contributed by atoms with Crippen molar-refractivity contribution >= 4 is 11.8 Å². The van der Waals surface area contributed by atoms with E-state index in [1.54, 1.807) is 38.1 Å². The summed E-state index contributed by atoms with van der Waals surface area (Å²) in [7, 11) is 1.49. The minimum Gasteiger partial charge on any atom is -0.733 e. The minimum atomic E-state index is -0.316. The van der Waals surface area contributed by atoms with Gasteiger partial charge in [-0.25, -0.2) is 0 Å².